The van der Waals surface area contributed by atoms with Gasteiger partial charge in [0.25, 0.3) is 10.0 Å². The third kappa shape index (κ3) is 6.31. The van der Waals surface area contributed by atoms with E-state index in [1.807, 2.05) is 0 Å². The standard InChI is InChI=1S/C12H20ClN3O3S2/c1-2-3-4-9(7-14)16-11(17)8-15-21(18,19)12-6-5-10(13)20-12/h5-6,9,15H,2-4,7-8,14H2,1H3,(H,16,17). The summed E-state index contributed by atoms with van der Waals surface area (Å²) < 4.78 is 26.5. The fraction of sp³-hybridized carbons (Fsp3) is 0.583. The van der Waals surface area contributed by atoms with Crippen LogP contribution in [0, 0.1) is 0 Å². The Bertz CT molecular complexity index is 560. The van der Waals surface area contributed by atoms with Gasteiger partial charge >= 0.3 is 0 Å². The van der Waals surface area contributed by atoms with Crippen molar-refractivity contribution in [3.05, 3.63) is 16.5 Å². The summed E-state index contributed by atoms with van der Waals surface area (Å²) in [5.41, 5.74) is 5.57. The summed E-state index contributed by atoms with van der Waals surface area (Å²) >= 11 is 6.64. The third-order valence-corrected chi connectivity index (χ3v) is 5.92. The highest BCUT2D eigenvalue weighted by atomic mass is 35.5. The van der Waals surface area contributed by atoms with E-state index in [1.54, 1.807) is 0 Å². The molecule has 0 radical (unpaired) electrons. The summed E-state index contributed by atoms with van der Waals surface area (Å²) in [6, 6.07) is 2.77. The van der Waals surface area contributed by atoms with Gasteiger partial charge in [-0.1, -0.05) is 31.4 Å². The molecule has 0 saturated carbocycles. The minimum Gasteiger partial charge on any atom is -0.351 e. The molecule has 120 valence electrons. The number of thiophene rings is 1. The molecule has 6 nitrogen and oxygen atoms in total. The molecule has 0 aliphatic rings. The fourth-order valence-corrected chi connectivity index (χ4v) is 4.16. The van der Waals surface area contributed by atoms with Crippen LogP contribution in [0.3, 0.4) is 0 Å². The topological polar surface area (TPSA) is 101 Å². The summed E-state index contributed by atoms with van der Waals surface area (Å²) in [5, 5.41) is 2.72. The Balaban J connectivity index is 2.48. The lowest BCUT2D eigenvalue weighted by molar-refractivity contribution is -0.120. The molecule has 1 unspecified atom stereocenters. The van der Waals surface area contributed by atoms with Crippen LogP contribution in [0.5, 0.6) is 0 Å². The molecule has 0 fully saturated rings. The van der Waals surface area contributed by atoms with Crippen LogP contribution in [0.25, 0.3) is 0 Å². The molecule has 21 heavy (non-hydrogen) atoms. The lowest BCUT2D eigenvalue weighted by Gasteiger charge is -2.16. The largest absolute Gasteiger partial charge is 0.351 e. The number of carbonyl (C=O) groups excluding carboxylic acids is 1. The van der Waals surface area contributed by atoms with Crippen LogP contribution in [0.4, 0.5) is 0 Å². The van der Waals surface area contributed by atoms with Crippen molar-refractivity contribution in [2.75, 3.05) is 13.1 Å². The second-order valence-electron chi connectivity index (χ2n) is 4.53. The number of carbonyl (C=O) groups is 1. The summed E-state index contributed by atoms with van der Waals surface area (Å²) in [5.74, 6) is -0.396. The number of hydrogen-bond acceptors (Lipinski definition) is 5. The molecule has 0 saturated heterocycles. The SMILES string of the molecule is CCCCC(CN)NC(=O)CNS(=O)(=O)c1ccc(Cl)s1. The summed E-state index contributed by atoms with van der Waals surface area (Å²) in [4.78, 5) is 11.7. The van der Waals surface area contributed by atoms with Crippen molar-refractivity contribution in [3.8, 4) is 0 Å². The van der Waals surface area contributed by atoms with Crippen LogP contribution < -0.4 is 15.8 Å². The maximum atomic E-state index is 11.9. The van der Waals surface area contributed by atoms with E-state index in [4.69, 9.17) is 17.3 Å². The molecule has 1 atom stereocenters. The van der Waals surface area contributed by atoms with Gasteiger partial charge in [0, 0.05) is 12.6 Å². The lowest BCUT2D eigenvalue weighted by Crippen LogP contribution is -2.44. The van der Waals surface area contributed by atoms with Crippen molar-refractivity contribution in [3.63, 3.8) is 0 Å². The number of amides is 1. The van der Waals surface area contributed by atoms with Gasteiger partial charge in [-0.25, -0.2) is 13.1 Å². The van der Waals surface area contributed by atoms with Crippen LogP contribution >= 0.6 is 22.9 Å². The molecule has 1 aromatic rings. The second kappa shape index (κ2) is 8.70. The maximum Gasteiger partial charge on any atom is 0.250 e. The van der Waals surface area contributed by atoms with Gasteiger partial charge in [-0.05, 0) is 18.6 Å². The molecule has 0 spiro atoms. The van der Waals surface area contributed by atoms with Gasteiger partial charge in [-0.3, -0.25) is 4.79 Å². The van der Waals surface area contributed by atoms with Crippen molar-refractivity contribution in [2.45, 2.75) is 36.4 Å². The Morgan fingerprint density at radius 2 is 2.19 bits per heavy atom. The first-order valence-electron chi connectivity index (χ1n) is 6.63. The summed E-state index contributed by atoms with van der Waals surface area (Å²) in [6.45, 7) is 2.06. The number of rotatable bonds is 9. The van der Waals surface area contributed by atoms with Crippen molar-refractivity contribution >= 4 is 38.9 Å². The Morgan fingerprint density at radius 3 is 2.71 bits per heavy atom. The Labute approximate surface area is 134 Å². The molecule has 0 bridgehead atoms. The lowest BCUT2D eigenvalue weighted by atomic mass is 10.1. The summed E-state index contributed by atoms with van der Waals surface area (Å²) in [6.07, 6.45) is 2.76. The third-order valence-electron chi connectivity index (χ3n) is 2.79. The van der Waals surface area contributed by atoms with Crippen molar-refractivity contribution < 1.29 is 13.2 Å². The number of unbranched alkanes of at least 4 members (excludes halogenated alkanes) is 1. The predicted molar refractivity (Wildman–Crippen MR) is 85.0 cm³/mol. The zero-order valence-corrected chi connectivity index (χ0v) is 14.2. The smallest absolute Gasteiger partial charge is 0.250 e. The number of nitrogens with one attached hydrogen (secondary N) is 2. The molecule has 4 N–H and O–H groups in total. The van der Waals surface area contributed by atoms with Gasteiger partial charge in [-0.15, -0.1) is 11.3 Å². The van der Waals surface area contributed by atoms with Crippen molar-refractivity contribution in [2.24, 2.45) is 5.73 Å². The highest BCUT2D eigenvalue weighted by Crippen LogP contribution is 2.25. The average molecular weight is 354 g/mol. The zero-order valence-electron chi connectivity index (χ0n) is 11.8. The Kier molecular flexibility index (Phi) is 7.61. The normalized spacial score (nSPS) is 13.1. The van der Waals surface area contributed by atoms with Gasteiger partial charge in [0.1, 0.15) is 4.21 Å². The molecule has 1 aromatic heterocycles. The molecule has 9 heteroatoms. The first kappa shape index (κ1) is 18.4. The zero-order chi connectivity index (χ0) is 15.9. The first-order valence-corrected chi connectivity index (χ1v) is 9.31. The average Bonchev–Trinajstić information content (AvgIpc) is 2.88. The van der Waals surface area contributed by atoms with Gasteiger partial charge in [0.2, 0.25) is 5.91 Å². The highest BCUT2D eigenvalue weighted by Gasteiger charge is 2.18. The molecule has 1 amide bonds. The Hall–Kier alpha value is -0.670. The Morgan fingerprint density at radius 1 is 1.48 bits per heavy atom. The van der Waals surface area contributed by atoms with Crippen LogP contribution in [0.2, 0.25) is 4.34 Å². The quantitative estimate of drug-likeness (QED) is 0.623. The molecule has 1 rings (SSSR count). The van der Waals surface area contributed by atoms with E-state index in [1.165, 1.54) is 12.1 Å². The molecular weight excluding hydrogens is 334 g/mol. The van der Waals surface area contributed by atoms with E-state index in [9.17, 15) is 13.2 Å². The number of nitrogens with two attached hydrogens (primary N) is 1. The van der Waals surface area contributed by atoms with E-state index >= 15 is 0 Å². The summed E-state index contributed by atoms with van der Waals surface area (Å²) in [7, 11) is -3.70. The van der Waals surface area contributed by atoms with Gasteiger partial charge in [-0.2, -0.15) is 0 Å². The van der Waals surface area contributed by atoms with Gasteiger partial charge in [0.15, 0.2) is 0 Å². The van der Waals surface area contributed by atoms with Crippen LogP contribution in [0.1, 0.15) is 26.2 Å². The van der Waals surface area contributed by atoms with Crippen LogP contribution in [-0.4, -0.2) is 33.5 Å². The molecular formula is C12H20ClN3O3S2. The number of halogens is 1. The number of hydrogen-bond donors (Lipinski definition) is 3. The van der Waals surface area contributed by atoms with Crippen LogP contribution in [-0.2, 0) is 14.8 Å². The van der Waals surface area contributed by atoms with Crippen molar-refractivity contribution in [1.29, 1.82) is 0 Å². The predicted octanol–water partition coefficient (Wildman–Crippen LogP) is 1.31. The first-order chi connectivity index (χ1) is 9.89. The van der Waals surface area contributed by atoms with Gasteiger partial charge in [0.05, 0.1) is 10.9 Å². The van der Waals surface area contributed by atoms with Gasteiger partial charge < -0.3 is 11.1 Å². The fourth-order valence-electron chi connectivity index (χ4n) is 1.65. The molecule has 0 aromatic carbocycles. The van der Waals surface area contributed by atoms with E-state index < -0.39 is 15.9 Å². The second-order valence-corrected chi connectivity index (χ2v) is 8.23. The highest BCUT2D eigenvalue weighted by molar-refractivity contribution is 7.91. The van der Waals surface area contributed by atoms with E-state index in [-0.39, 0.29) is 16.8 Å². The van der Waals surface area contributed by atoms with Crippen LogP contribution in [0.15, 0.2) is 16.3 Å². The monoisotopic (exact) mass is 353 g/mol. The van der Waals surface area contributed by atoms with E-state index in [0.717, 1.165) is 30.6 Å². The number of sulfonamides is 1. The van der Waals surface area contributed by atoms with Crippen molar-refractivity contribution in [1.82, 2.24) is 10.0 Å². The minimum atomic E-state index is -3.70. The minimum absolute atomic E-state index is 0.0849. The molecule has 0 aliphatic heterocycles. The molecule has 0 aliphatic carbocycles. The van der Waals surface area contributed by atoms with E-state index in [0.29, 0.717) is 10.9 Å². The van der Waals surface area contributed by atoms with E-state index in [2.05, 4.69) is 17.0 Å². The molecule has 1 heterocycles. The maximum absolute atomic E-state index is 11.9.